The maximum atomic E-state index is 12.9. The summed E-state index contributed by atoms with van der Waals surface area (Å²) in [6.07, 6.45) is -3.31. The second-order valence-electron chi connectivity index (χ2n) is 3.58. The monoisotopic (exact) mass is 278 g/mol. The minimum Gasteiger partial charge on any atom is -0.341 e. The van der Waals surface area contributed by atoms with Gasteiger partial charge in [-0.25, -0.2) is 9.37 Å². The van der Waals surface area contributed by atoms with Crippen molar-refractivity contribution in [3.63, 3.8) is 0 Å². The normalized spacial score (nSPS) is 11.8. The Balaban J connectivity index is 2.56. The van der Waals surface area contributed by atoms with Gasteiger partial charge in [0.25, 0.3) is 0 Å². The number of nitrogens with zero attached hydrogens (tertiary/aromatic N) is 1. The van der Waals surface area contributed by atoms with E-state index < -0.39 is 17.6 Å². The molecule has 0 fully saturated rings. The van der Waals surface area contributed by atoms with Crippen LogP contribution in [-0.4, -0.2) is 9.97 Å². The summed E-state index contributed by atoms with van der Waals surface area (Å²) in [5, 5.41) is 0. The molecule has 2 rings (SSSR count). The summed E-state index contributed by atoms with van der Waals surface area (Å²) < 4.78 is 51.2. The first-order valence-electron chi connectivity index (χ1n) is 4.89. The average Bonchev–Trinajstić information content (AvgIpc) is 2.76. The van der Waals surface area contributed by atoms with Crippen molar-refractivity contribution in [3.05, 3.63) is 41.5 Å². The summed E-state index contributed by atoms with van der Waals surface area (Å²) in [7, 11) is 0. The molecule has 1 aromatic carbocycles. The van der Waals surface area contributed by atoms with Crippen molar-refractivity contribution in [2.24, 2.45) is 0 Å². The molecule has 0 bridgehead atoms. The maximum absolute atomic E-state index is 12.9. The number of imidazole rings is 1. The van der Waals surface area contributed by atoms with Gasteiger partial charge in [-0.15, -0.1) is 11.6 Å². The van der Waals surface area contributed by atoms with Crippen LogP contribution in [0.25, 0.3) is 11.4 Å². The second-order valence-corrected chi connectivity index (χ2v) is 3.85. The highest BCUT2D eigenvalue weighted by atomic mass is 35.5. The van der Waals surface area contributed by atoms with Gasteiger partial charge in [-0.3, -0.25) is 0 Å². The predicted molar refractivity (Wildman–Crippen MR) is 58.5 cm³/mol. The number of aromatic amines is 1. The first kappa shape index (κ1) is 12.9. The Bertz CT molecular complexity index is 562. The molecule has 1 heterocycles. The molecule has 0 unspecified atom stereocenters. The molecule has 1 aromatic heterocycles. The summed E-state index contributed by atoms with van der Waals surface area (Å²) in [4.78, 5) is 6.44. The fourth-order valence-corrected chi connectivity index (χ4v) is 1.66. The molecule has 18 heavy (non-hydrogen) atoms. The van der Waals surface area contributed by atoms with Gasteiger partial charge in [0.15, 0.2) is 0 Å². The summed E-state index contributed by atoms with van der Waals surface area (Å²) in [6.45, 7) is 0. The van der Waals surface area contributed by atoms with Gasteiger partial charge in [0.1, 0.15) is 11.6 Å². The number of H-pyrrole nitrogens is 1. The van der Waals surface area contributed by atoms with Crippen LogP contribution in [0.5, 0.6) is 0 Å². The Morgan fingerprint density at radius 2 is 2.00 bits per heavy atom. The second kappa shape index (κ2) is 4.61. The van der Waals surface area contributed by atoms with Crippen molar-refractivity contribution in [2.75, 3.05) is 0 Å². The summed E-state index contributed by atoms with van der Waals surface area (Å²) in [5.74, 6) is -0.830. The largest absolute Gasteiger partial charge is 0.417 e. The van der Waals surface area contributed by atoms with Gasteiger partial charge in [0.2, 0.25) is 0 Å². The van der Waals surface area contributed by atoms with Crippen LogP contribution in [0.15, 0.2) is 24.4 Å². The zero-order valence-corrected chi connectivity index (χ0v) is 9.61. The SMILES string of the molecule is Fc1ccc(-c2ncc(CCl)[nH]2)c(C(F)(F)F)c1. The number of rotatable bonds is 2. The molecule has 0 amide bonds. The highest BCUT2D eigenvalue weighted by Gasteiger charge is 2.34. The lowest BCUT2D eigenvalue weighted by Crippen LogP contribution is -2.08. The number of hydrogen-bond acceptors (Lipinski definition) is 1. The third-order valence-electron chi connectivity index (χ3n) is 2.31. The highest BCUT2D eigenvalue weighted by Crippen LogP contribution is 2.36. The molecule has 7 heteroatoms. The standard InChI is InChI=1S/C11H7ClF4N2/c12-4-7-5-17-10(18-7)8-2-1-6(13)3-9(8)11(14,15)16/h1-3,5H,4H2,(H,17,18). The molecule has 2 nitrogen and oxygen atoms in total. The van der Waals surface area contributed by atoms with E-state index in [9.17, 15) is 17.6 Å². The summed E-state index contributed by atoms with van der Waals surface area (Å²) >= 11 is 5.53. The zero-order chi connectivity index (χ0) is 13.3. The number of aromatic nitrogens is 2. The van der Waals surface area contributed by atoms with E-state index in [-0.39, 0.29) is 17.3 Å². The first-order chi connectivity index (χ1) is 8.41. The minimum atomic E-state index is -4.65. The van der Waals surface area contributed by atoms with Crippen LogP contribution < -0.4 is 0 Å². The number of benzene rings is 1. The van der Waals surface area contributed by atoms with Crippen LogP contribution in [0, 0.1) is 5.82 Å². The van der Waals surface area contributed by atoms with Crippen LogP contribution in [-0.2, 0) is 12.1 Å². The Morgan fingerprint density at radius 1 is 1.28 bits per heavy atom. The van der Waals surface area contributed by atoms with Crippen LogP contribution in [0.1, 0.15) is 11.3 Å². The van der Waals surface area contributed by atoms with Gasteiger partial charge < -0.3 is 4.98 Å². The molecule has 0 saturated heterocycles. The van der Waals surface area contributed by atoms with Crippen LogP contribution in [0.2, 0.25) is 0 Å². The Kier molecular flexibility index (Phi) is 3.30. The van der Waals surface area contributed by atoms with Crippen LogP contribution >= 0.6 is 11.6 Å². The summed E-state index contributed by atoms with van der Waals surface area (Å²) in [5.41, 5.74) is -0.789. The van der Waals surface area contributed by atoms with Crippen LogP contribution in [0.4, 0.5) is 17.6 Å². The first-order valence-corrected chi connectivity index (χ1v) is 5.42. The lowest BCUT2D eigenvalue weighted by atomic mass is 10.1. The number of hydrogen-bond donors (Lipinski definition) is 1. The lowest BCUT2D eigenvalue weighted by Gasteiger charge is -2.11. The number of nitrogens with one attached hydrogen (secondary N) is 1. The summed E-state index contributed by atoms with van der Waals surface area (Å²) in [6, 6.07) is 2.43. The van der Waals surface area contributed by atoms with E-state index in [1.807, 2.05) is 0 Å². The third-order valence-corrected chi connectivity index (χ3v) is 2.60. The van der Waals surface area contributed by atoms with Crippen molar-refractivity contribution < 1.29 is 17.6 Å². The molecular formula is C11H7ClF4N2. The van der Waals surface area contributed by atoms with Crippen molar-refractivity contribution in [1.29, 1.82) is 0 Å². The smallest absolute Gasteiger partial charge is 0.341 e. The Hall–Kier alpha value is -1.56. The molecule has 0 saturated carbocycles. The molecule has 0 aliphatic heterocycles. The van der Waals surface area contributed by atoms with E-state index in [0.29, 0.717) is 11.8 Å². The van der Waals surface area contributed by atoms with Gasteiger partial charge in [0, 0.05) is 17.5 Å². The predicted octanol–water partition coefficient (Wildman–Crippen LogP) is 3.97. The van der Waals surface area contributed by atoms with E-state index in [2.05, 4.69) is 9.97 Å². The van der Waals surface area contributed by atoms with Crippen molar-refractivity contribution >= 4 is 11.6 Å². The molecule has 0 aliphatic rings. The van der Waals surface area contributed by atoms with Crippen molar-refractivity contribution in [3.8, 4) is 11.4 Å². The fraction of sp³-hybridized carbons (Fsp3) is 0.182. The van der Waals surface area contributed by atoms with Crippen LogP contribution in [0.3, 0.4) is 0 Å². The molecule has 96 valence electrons. The van der Waals surface area contributed by atoms with Gasteiger partial charge in [0.05, 0.1) is 11.4 Å². The number of alkyl halides is 4. The van der Waals surface area contributed by atoms with Crippen molar-refractivity contribution in [2.45, 2.75) is 12.1 Å². The van der Waals surface area contributed by atoms with E-state index in [0.717, 1.165) is 12.1 Å². The van der Waals surface area contributed by atoms with E-state index in [4.69, 9.17) is 11.6 Å². The average molecular weight is 279 g/mol. The van der Waals surface area contributed by atoms with E-state index >= 15 is 0 Å². The lowest BCUT2D eigenvalue weighted by molar-refractivity contribution is -0.137. The van der Waals surface area contributed by atoms with E-state index in [1.54, 1.807) is 0 Å². The van der Waals surface area contributed by atoms with E-state index in [1.165, 1.54) is 6.20 Å². The zero-order valence-electron chi connectivity index (χ0n) is 8.85. The maximum Gasteiger partial charge on any atom is 0.417 e. The molecular weight excluding hydrogens is 272 g/mol. The molecule has 1 N–H and O–H groups in total. The Morgan fingerprint density at radius 3 is 2.56 bits per heavy atom. The minimum absolute atomic E-state index is 0.0120. The van der Waals surface area contributed by atoms with Gasteiger partial charge >= 0.3 is 6.18 Å². The van der Waals surface area contributed by atoms with Crippen molar-refractivity contribution in [1.82, 2.24) is 9.97 Å². The van der Waals surface area contributed by atoms with Gasteiger partial charge in [-0.2, -0.15) is 13.2 Å². The van der Waals surface area contributed by atoms with Gasteiger partial charge in [-0.1, -0.05) is 0 Å². The highest BCUT2D eigenvalue weighted by molar-refractivity contribution is 6.16. The molecule has 0 spiro atoms. The fourth-order valence-electron chi connectivity index (χ4n) is 1.52. The quantitative estimate of drug-likeness (QED) is 0.653. The molecule has 0 atom stereocenters. The third kappa shape index (κ3) is 2.48. The topological polar surface area (TPSA) is 28.7 Å². The Labute approximate surface area is 105 Å². The van der Waals surface area contributed by atoms with Gasteiger partial charge in [-0.05, 0) is 18.2 Å². The molecule has 0 aliphatic carbocycles. The molecule has 0 radical (unpaired) electrons. The molecule has 2 aromatic rings. The number of halogens is 5.